The maximum Gasteiger partial charge on any atom is 0.333 e. The molecule has 0 aliphatic carbocycles. The zero-order valence-electron chi connectivity index (χ0n) is 10.8. The summed E-state index contributed by atoms with van der Waals surface area (Å²) in [5.41, 5.74) is 0.0998. The molecule has 0 aromatic rings. The largest absolute Gasteiger partial charge is 0.454 e. The van der Waals surface area contributed by atoms with Crippen LogP contribution in [0.5, 0.6) is 0 Å². The van der Waals surface area contributed by atoms with E-state index in [1.54, 1.807) is 0 Å². The van der Waals surface area contributed by atoms with Crippen LogP contribution in [0, 0.1) is 5.92 Å². The molecular formula is C12H14O7. The lowest BCUT2D eigenvalue weighted by atomic mass is 10.0. The number of hydrogen-bond donors (Lipinski definition) is 0. The third-order valence-corrected chi connectivity index (χ3v) is 2.18. The van der Waals surface area contributed by atoms with E-state index in [0.717, 1.165) is 0 Å². The summed E-state index contributed by atoms with van der Waals surface area (Å²) >= 11 is 0. The first-order valence-electron chi connectivity index (χ1n) is 5.45. The Labute approximate surface area is 109 Å². The fourth-order valence-electron chi connectivity index (χ4n) is 1.33. The van der Waals surface area contributed by atoms with E-state index >= 15 is 0 Å². The molecule has 0 unspecified atom stereocenters. The zero-order chi connectivity index (χ0) is 14.8. The van der Waals surface area contributed by atoms with Crippen molar-refractivity contribution in [3.63, 3.8) is 0 Å². The number of ketones is 1. The van der Waals surface area contributed by atoms with Crippen LogP contribution in [0.2, 0.25) is 0 Å². The fraction of sp³-hybridized carbons (Fsp3) is 0.500. The smallest absolute Gasteiger partial charge is 0.333 e. The van der Waals surface area contributed by atoms with Crippen molar-refractivity contribution in [3.8, 4) is 0 Å². The van der Waals surface area contributed by atoms with Gasteiger partial charge in [-0.3, -0.25) is 14.4 Å². The Morgan fingerprint density at radius 2 is 1.74 bits per heavy atom. The van der Waals surface area contributed by atoms with Gasteiger partial charge in [-0.15, -0.1) is 0 Å². The van der Waals surface area contributed by atoms with E-state index in [2.05, 4.69) is 11.3 Å². The van der Waals surface area contributed by atoms with Crippen molar-refractivity contribution < 1.29 is 33.4 Å². The first kappa shape index (κ1) is 14.9. The van der Waals surface area contributed by atoms with Gasteiger partial charge in [-0.2, -0.15) is 0 Å². The van der Waals surface area contributed by atoms with Gasteiger partial charge in [0.1, 0.15) is 0 Å². The average Bonchev–Trinajstić information content (AvgIpc) is 2.22. The van der Waals surface area contributed by atoms with Gasteiger partial charge in [-0.25, -0.2) is 4.79 Å². The summed E-state index contributed by atoms with van der Waals surface area (Å²) < 4.78 is 14.1. The molecule has 0 radical (unpaired) electrons. The Morgan fingerprint density at radius 1 is 1.26 bits per heavy atom. The number of carbonyl (C=O) groups excluding carboxylic acids is 4. The molecule has 1 fully saturated rings. The Bertz CT molecular complexity index is 441. The summed E-state index contributed by atoms with van der Waals surface area (Å²) in [6.07, 6.45) is 0. The first-order valence-corrected chi connectivity index (χ1v) is 5.45. The third kappa shape index (κ3) is 3.64. The minimum absolute atomic E-state index is 0.0998. The van der Waals surface area contributed by atoms with Crippen LogP contribution in [-0.4, -0.2) is 36.1 Å². The van der Waals surface area contributed by atoms with Crippen LogP contribution in [0.1, 0.15) is 20.8 Å². The normalized spacial score (nSPS) is 18.3. The summed E-state index contributed by atoms with van der Waals surface area (Å²) in [6, 6.07) is 0. The van der Waals surface area contributed by atoms with Crippen molar-refractivity contribution in [2.75, 3.05) is 6.61 Å². The van der Waals surface area contributed by atoms with Crippen molar-refractivity contribution in [2.24, 2.45) is 5.92 Å². The fourth-order valence-corrected chi connectivity index (χ4v) is 1.33. The van der Waals surface area contributed by atoms with Crippen molar-refractivity contribution >= 4 is 23.7 Å². The van der Waals surface area contributed by atoms with E-state index in [9.17, 15) is 19.2 Å². The molecule has 1 rings (SSSR count). The number of esters is 3. The summed E-state index contributed by atoms with van der Waals surface area (Å²) in [4.78, 5) is 45.8. The van der Waals surface area contributed by atoms with Crippen LogP contribution in [0.4, 0.5) is 0 Å². The molecule has 0 spiro atoms. The van der Waals surface area contributed by atoms with Crippen LogP contribution < -0.4 is 0 Å². The van der Waals surface area contributed by atoms with Crippen molar-refractivity contribution in [3.05, 3.63) is 12.2 Å². The van der Waals surface area contributed by atoms with Gasteiger partial charge in [0.15, 0.2) is 12.4 Å². The number of cyclic esters (lactones) is 2. The highest BCUT2D eigenvalue weighted by Gasteiger charge is 2.47. The van der Waals surface area contributed by atoms with E-state index in [0.29, 0.717) is 0 Å². The lowest BCUT2D eigenvalue weighted by Crippen LogP contribution is -2.49. The number of ether oxygens (including phenoxy) is 3. The van der Waals surface area contributed by atoms with Gasteiger partial charge in [0, 0.05) is 19.4 Å². The molecule has 0 N–H and O–H groups in total. The maximum atomic E-state index is 11.6. The lowest BCUT2D eigenvalue weighted by Gasteiger charge is -2.32. The highest BCUT2D eigenvalue weighted by molar-refractivity contribution is 6.16. The monoisotopic (exact) mass is 270 g/mol. The van der Waals surface area contributed by atoms with Gasteiger partial charge in [-0.1, -0.05) is 6.58 Å². The highest BCUT2D eigenvalue weighted by atomic mass is 16.7. The van der Waals surface area contributed by atoms with Crippen molar-refractivity contribution in [1.29, 1.82) is 0 Å². The molecule has 1 aliphatic rings. The first-order chi connectivity index (χ1) is 8.64. The molecule has 1 aliphatic heterocycles. The topological polar surface area (TPSA) is 96.0 Å². The van der Waals surface area contributed by atoms with Gasteiger partial charge in [-0.05, 0) is 6.92 Å². The van der Waals surface area contributed by atoms with E-state index in [1.165, 1.54) is 20.8 Å². The van der Waals surface area contributed by atoms with Gasteiger partial charge in [0.2, 0.25) is 5.92 Å². The predicted molar refractivity (Wildman–Crippen MR) is 60.5 cm³/mol. The Kier molecular flexibility index (Phi) is 4.08. The molecule has 0 aromatic carbocycles. The SMILES string of the molecule is C=C(C)C(=O)OCC(=O)C1C(=O)OC(C)(C)OC1=O. The molecule has 0 saturated carbocycles. The zero-order valence-corrected chi connectivity index (χ0v) is 10.8. The number of carbonyl (C=O) groups is 4. The van der Waals surface area contributed by atoms with Crippen LogP contribution in [0.3, 0.4) is 0 Å². The lowest BCUT2D eigenvalue weighted by molar-refractivity contribution is -0.238. The van der Waals surface area contributed by atoms with E-state index in [-0.39, 0.29) is 5.57 Å². The van der Waals surface area contributed by atoms with Gasteiger partial charge in [0.25, 0.3) is 5.79 Å². The molecule has 7 nitrogen and oxygen atoms in total. The van der Waals surface area contributed by atoms with E-state index in [1.807, 2.05) is 0 Å². The third-order valence-electron chi connectivity index (χ3n) is 2.18. The molecule has 0 amide bonds. The quantitative estimate of drug-likeness (QED) is 0.407. The number of rotatable bonds is 4. The summed E-state index contributed by atoms with van der Waals surface area (Å²) in [5.74, 6) is -6.84. The van der Waals surface area contributed by atoms with Crippen LogP contribution in [0.15, 0.2) is 12.2 Å². The minimum atomic E-state index is -1.72. The predicted octanol–water partition coefficient (Wildman–Crippen LogP) is 0.127. The average molecular weight is 270 g/mol. The minimum Gasteiger partial charge on any atom is -0.454 e. The molecule has 1 saturated heterocycles. The molecule has 19 heavy (non-hydrogen) atoms. The molecule has 104 valence electrons. The molecule has 7 heteroatoms. The highest BCUT2D eigenvalue weighted by Crippen LogP contribution is 2.23. The van der Waals surface area contributed by atoms with Gasteiger partial charge in [0.05, 0.1) is 0 Å². The maximum absolute atomic E-state index is 11.6. The Morgan fingerprint density at radius 3 is 2.16 bits per heavy atom. The molecule has 1 heterocycles. The van der Waals surface area contributed by atoms with Crippen LogP contribution in [-0.2, 0) is 33.4 Å². The standard InChI is InChI=1S/C12H14O7/c1-6(2)9(14)17-5-7(13)8-10(15)18-12(3,4)19-11(8)16/h8H,1,5H2,2-4H3. The second-order valence-corrected chi connectivity index (χ2v) is 4.50. The second kappa shape index (κ2) is 5.21. The molecule has 0 atom stereocenters. The van der Waals surface area contributed by atoms with E-state index in [4.69, 9.17) is 9.47 Å². The summed E-state index contributed by atoms with van der Waals surface area (Å²) in [5, 5.41) is 0. The Balaban J connectivity index is 2.67. The number of hydrogen-bond acceptors (Lipinski definition) is 7. The summed E-state index contributed by atoms with van der Waals surface area (Å²) in [6.45, 7) is 6.74. The Hall–Kier alpha value is -2.18. The van der Waals surface area contributed by atoms with E-state index < -0.39 is 42.0 Å². The molecule has 0 bridgehead atoms. The molecular weight excluding hydrogens is 256 g/mol. The van der Waals surface area contributed by atoms with Crippen molar-refractivity contribution in [1.82, 2.24) is 0 Å². The van der Waals surface area contributed by atoms with Crippen LogP contribution >= 0.6 is 0 Å². The molecule has 0 aromatic heterocycles. The number of Topliss-reactive ketones (excluding diaryl/α,β-unsaturated/α-hetero) is 1. The van der Waals surface area contributed by atoms with Gasteiger partial charge >= 0.3 is 17.9 Å². The van der Waals surface area contributed by atoms with Crippen LogP contribution in [0.25, 0.3) is 0 Å². The van der Waals surface area contributed by atoms with Crippen molar-refractivity contribution in [2.45, 2.75) is 26.6 Å². The van der Waals surface area contributed by atoms with Gasteiger partial charge < -0.3 is 14.2 Å². The second-order valence-electron chi connectivity index (χ2n) is 4.50. The summed E-state index contributed by atoms with van der Waals surface area (Å²) in [7, 11) is 0.